The maximum atomic E-state index is 2.47. The predicted molar refractivity (Wildman–Crippen MR) is 244 cm³/mol. The van der Waals surface area contributed by atoms with Gasteiger partial charge >= 0.3 is 0 Å². The Morgan fingerprint density at radius 1 is 0.259 bits per heavy atom. The molecule has 4 nitrogen and oxygen atoms in total. The van der Waals surface area contributed by atoms with Crippen molar-refractivity contribution in [2.45, 2.75) is 0 Å². The maximum absolute atomic E-state index is 2.47. The van der Waals surface area contributed by atoms with Crippen LogP contribution >= 0.6 is 0 Å². The molecule has 58 heavy (non-hydrogen) atoms. The van der Waals surface area contributed by atoms with Gasteiger partial charge in [0.25, 0.3) is 0 Å². The van der Waals surface area contributed by atoms with Crippen molar-refractivity contribution in [2.24, 2.45) is 0 Å². The smallest absolute Gasteiger partial charge is 0.0723 e. The highest BCUT2D eigenvalue weighted by Gasteiger charge is 2.23. The molecule has 0 saturated heterocycles. The second kappa shape index (κ2) is 14.0. The lowest BCUT2D eigenvalue weighted by Crippen LogP contribution is -2.13. The first kappa shape index (κ1) is 33.5. The summed E-state index contributed by atoms with van der Waals surface area (Å²) >= 11 is 0. The molecule has 11 rings (SSSR count). The Labute approximate surface area is 337 Å². The monoisotopic (exact) mass is 742 g/mol. The minimum absolute atomic E-state index is 1.07. The Morgan fingerprint density at radius 2 is 0.655 bits per heavy atom. The topological polar surface area (TPSA) is 16.3 Å². The van der Waals surface area contributed by atoms with Crippen molar-refractivity contribution in [3.05, 3.63) is 231 Å². The third kappa shape index (κ3) is 5.54. The van der Waals surface area contributed by atoms with E-state index in [4.69, 9.17) is 0 Å². The van der Waals surface area contributed by atoms with Gasteiger partial charge < -0.3 is 18.9 Å². The average Bonchev–Trinajstić information content (AvgIpc) is 3.81. The van der Waals surface area contributed by atoms with Crippen molar-refractivity contribution in [1.29, 1.82) is 0 Å². The van der Waals surface area contributed by atoms with E-state index in [0.717, 1.165) is 56.5 Å². The van der Waals surface area contributed by atoms with Crippen molar-refractivity contribution >= 4 is 77.7 Å². The summed E-state index contributed by atoms with van der Waals surface area (Å²) in [5, 5.41) is 4.86. The van der Waals surface area contributed by atoms with Crippen molar-refractivity contribution in [3.63, 3.8) is 0 Å². The second-order valence-corrected chi connectivity index (χ2v) is 14.6. The predicted octanol–water partition coefficient (Wildman–Crippen LogP) is 14.8. The van der Waals surface area contributed by atoms with Gasteiger partial charge in [0.2, 0.25) is 0 Å². The molecule has 0 unspecified atom stereocenters. The van der Waals surface area contributed by atoms with E-state index >= 15 is 0 Å². The molecule has 0 aliphatic carbocycles. The number of benzene rings is 9. The average molecular weight is 743 g/mol. The summed E-state index contributed by atoms with van der Waals surface area (Å²) in [5.74, 6) is 0. The third-order valence-corrected chi connectivity index (χ3v) is 11.3. The SMILES string of the molecule is c1ccc(N(c2ccccc2)c2ccc3c(c2)c2ccccc2n3-c2cc(-n3c4ccccc4c4ccccc43)ccc2N(c2ccccc2)c2ccccc2)cc1. The van der Waals surface area contributed by atoms with Gasteiger partial charge in [-0.25, -0.2) is 0 Å². The van der Waals surface area contributed by atoms with Gasteiger partial charge in [0.15, 0.2) is 0 Å². The molecule has 0 spiro atoms. The van der Waals surface area contributed by atoms with E-state index in [9.17, 15) is 0 Å². The van der Waals surface area contributed by atoms with Crippen molar-refractivity contribution in [1.82, 2.24) is 9.13 Å². The van der Waals surface area contributed by atoms with Gasteiger partial charge in [-0.3, -0.25) is 0 Å². The third-order valence-electron chi connectivity index (χ3n) is 11.3. The number of hydrogen-bond donors (Lipinski definition) is 0. The summed E-state index contributed by atoms with van der Waals surface area (Å²) in [6.07, 6.45) is 0. The lowest BCUT2D eigenvalue weighted by Gasteiger charge is -2.29. The van der Waals surface area contributed by atoms with Gasteiger partial charge in [-0.1, -0.05) is 127 Å². The molecule has 274 valence electrons. The van der Waals surface area contributed by atoms with Crippen LogP contribution in [-0.4, -0.2) is 9.13 Å². The zero-order chi connectivity index (χ0) is 38.4. The quantitative estimate of drug-likeness (QED) is 0.154. The van der Waals surface area contributed by atoms with E-state index in [-0.39, 0.29) is 0 Å². The molecule has 11 aromatic rings. The Kier molecular flexibility index (Phi) is 8.11. The minimum atomic E-state index is 1.07. The van der Waals surface area contributed by atoms with E-state index in [1.807, 2.05) is 0 Å². The van der Waals surface area contributed by atoms with E-state index < -0.39 is 0 Å². The number of anilines is 6. The summed E-state index contributed by atoms with van der Waals surface area (Å²) in [4.78, 5) is 4.72. The number of para-hydroxylation sites is 7. The Balaban J connectivity index is 1.22. The molecule has 4 heteroatoms. The van der Waals surface area contributed by atoms with E-state index in [2.05, 4.69) is 249 Å². The number of fused-ring (bicyclic) bond motifs is 6. The van der Waals surface area contributed by atoms with Crippen LogP contribution in [0.2, 0.25) is 0 Å². The standard InChI is InChI=1S/C54H38N4/c1-5-19-39(20-6-1)55(40-21-7-2-8-22-40)43-33-35-52-48(37-43)47-29-15-18-32-51(47)58(52)54-38-44(57-49-30-16-13-27-45(49)46-28-14-17-31-50(46)57)34-36-53(54)56(41-23-9-3-10-24-41)42-25-11-4-12-26-42/h1-38H. The molecule has 0 fully saturated rings. The molecular formula is C54H38N4. The Bertz CT molecular complexity index is 3090. The summed E-state index contributed by atoms with van der Waals surface area (Å²) in [6, 6.07) is 82.8. The van der Waals surface area contributed by atoms with Gasteiger partial charge in [-0.2, -0.15) is 0 Å². The Morgan fingerprint density at radius 3 is 1.16 bits per heavy atom. The molecule has 2 aromatic heterocycles. The molecule has 2 heterocycles. The molecule has 0 amide bonds. The normalized spacial score (nSPS) is 11.4. The molecule has 9 aromatic carbocycles. The fraction of sp³-hybridized carbons (Fsp3) is 0. The number of hydrogen-bond acceptors (Lipinski definition) is 2. The number of rotatable bonds is 8. The van der Waals surface area contributed by atoms with Crippen LogP contribution in [0.5, 0.6) is 0 Å². The van der Waals surface area contributed by atoms with Crippen molar-refractivity contribution < 1.29 is 0 Å². The van der Waals surface area contributed by atoms with Crippen LogP contribution in [0.25, 0.3) is 55.0 Å². The van der Waals surface area contributed by atoms with Crippen LogP contribution in [0, 0.1) is 0 Å². The largest absolute Gasteiger partial charge is 0.310 e. The molecule has 0 radical (unpaired) electrons. The fourth-order valence-corrected chi connectivity index (χ4v) is 8.76. The zero-order valence-electron chi connectivity index (χ0n) is 31.7. The molecular weight excluding hydrogens is 705 g/mol. The van der Waals surface area contributed by atoms with E-state index in [0.29, 0.717) is 0 Å². The molecule has 0 bridgehead atoms. The second-order valence-electron chi connectivity index (χ2n) is 14.6. The van der Waals surface area contributed by atoms with Crippen LogP contribution < -0.4 is 9.80 Å². The van der Waals surface area contributed by atoms with Gasteiger partial charge in [0, 0.05) is 55.7 Å². The van der Waals surface area contributed by atoms with E-state index in [1.54, 1.807) is 0 Å². The minimum Gasteiger partial charge on any atom is -0.310 e. The first-order chi connectivity index (χ1) is 28.8. The summed E-state index contributed by atoms with van der Waals surface area (Å²) in [5.41, 5.74) is 13.4. The molecule has 0 saturated carbocycles. The summed E-state index contributed by atoms with van der Waals surface area (Å²) in [7, 11) is 0. The van der Waals surface area contributed by atoms with Gasteiger partial charge in [-0.05, 0) is 103 Å². The first-order valence-corrected chi connectivity index (χ1v) is 19.8. The fourth-order valence-electron chi connectivity index (χ4n) is 8.76. The van der Waals surface area contributed by atoms with Crippen LogP contribution in [0.3, 0.4) is 0 Å². The maximum Gasteiger partial charge on any atom is 0.0723 e. The molecule has 0 N–H and O–H groups in total. The first-order valence-electron chi connectivity index (χ1n) is 19.8. The van der Waals surface area contributed by atoms with Crippen LogP contribution in [0.4, 0.5) is 34.1 Å². The number of nitrogens with zero attached hydrogens (tertiary/aromatic N) is 4. The highest BCUT2D eigenvalue weighted by molar-refractivity contribution is 6.12. The number of aromatic nitrogens is 2. The van der Waals surface area contributed by atoms with Crippen LogP contribution in [0.15, 0.2) is 231 Å². The van der Waals surface area contributed by atoms with Gasteiger partial charge in [0.1, 0.15) is 0 Å². The lowest BCUT2D eigenvalue weighted by atomic mass is 10.1. The highest BCUT2D eigenvalue weighted by Crippen LogP contribution is 2.45. The van der Waals surface area contributed by atoms with Crippen molar-refractivity contribution in [2.75, 3.05) is 9.80 Å². The highest BCUT2D eigenvalue weighted by atomic mass is 15.2. The zero-order valence-corrected chi connectivity index (χ0v) is 31.7. The molecule has 0 atom stereocenters. The van der Waals surface area contributed by atoms with Crippen LogP contribution in [-0.2, 0) is 0 Å². The Hall–Kier alpha value is -7.82. The molecule has 0 aliphatic rings. The van der Waals surface area contributed by atoms with Gasteiger partial charge in [-0.15, -0.1) is 0 Å². The van der Waals surface area contributed by atoms with Crippen molar-refractivity contribution in [3.8, 4) is 11.4 Å². The summed E-state index contributed by atoms with van der Waals surface area (Å²) in [6.45, 7) is 0. The molecule has 0 aliphatic heterocycles. The lowest BCUT2D eigenvalue weighted by molar-refractivity contribution is 1.12. The van der Waals surface area contributed by atoms with Crippen LogP contribution in [0.1, 0.15) is 0 Å². The van der Waals surface area contributed by atoms with E-state index in [1.165, 1.54) is 32.6 Å². The van der Waals surface area contributed by atoms with Gasteiger partial charge in [0.05, 0.1) is 33.4 Å². The summed E-state index contributed by atoms with van der Waals surface area (Å²) < 4.78 is 4.88.